The molecule has 0 fully saturated rings. The number of hydrazone groups is 1. The summed E-state index contributed by atoms with van der Waals surface area (Å²) in [5.74, 6) is 1.39. The van der Waals surface area contributed by atoms with Crippen LogP contribution in [0.25, 0.3) is 0 Å². The fourth-order valence-corrected chi connectivity index (χ4v) is 2.95. The molecule has 7 nitrogen and oxygen atoms in total. The first-order chi connectivity index (χ1) is 13.1. The van der Waals surface area contributed by atoms with Gasteiger partial charge in [-0.05, 0) is 43.7 Å². The number of carbonyl (C=O) groups excluding carboxylic acids is 1. The third-order valence-corrected chi connectivity index (χ3v) is 4.54. The fourth-order valence-electron chi connectivity index (χ4n) is 2.36. The van der Waals surface area contributed by atoms with Gasteiger partial charge in [-0.25, -0.2) is 10.4 Å². The van der Waals surface area contributed by atoms with Crippen LogP contribution in [0.15, 0.2) is 45.4 Å². The molecule has 0 saturated heterocycles. The van der Waals surface area contributed by atoms with Crippen LogP contribution in [0.3, 0.4) is 0 Å². The number of aromatic nitrogens is 1. The van der Waals surface area contributed by atoms with Gasteiger partial charge in [-0.2, -0.15) is 5.10 Å². The van der Waals surface area contributed by atoms with E-state index in [-0.39, 0.29) is 5.91 Å². The number of methoxy groups -OCH3 is 1. The Labute approximate surface area is 160 Å². The molecular weight excluding hydrogens is 366 g/mol. The lowest BCUT2D eigenvalue weighted by molar-refractivity contribution is 0.0953. The van der Waals surface area contributed by atoms with E-state index in [1.807, 2.05) is 18.4 Å². The van der Waals surface area contributed by atoms with Crippen molar-refractivity contribution in [2.75, 3.05) is 7.11 Å². The molecule has 140 valence electrons. The number of amides is 1. The highest BCUT2D eigenvalue weighted by atomic mass is 32.1. The second-order valence-corrected chi connectivity index (χ2v) is 6.71. The van der Waals surface area contributed by atoms with Crippen molar-refractivity contribution in [2.24, 2.45) is 5.10 Å². The maximum Gasteiger partial charge on any atom is 0.274 e. The summed E-state index contributed by atoms with van der Waals surface area (Å²) in [4.78, 5) is 16.3. The maximum atomic E-state index is 12.0. The largest absolute Gasteiger partial charge is 0.493 e. The zero-order valence-electron chi connectivity index (χ0n) is 15.2. The summed E-state index contributed by atoms with van der Waals surface area (Å²) in [5, 5.41) is 6.93. The Bertz CT molecular complexity index is 962. The topological polar surface area (TPSA) is 86.0 Å². The van der Waals surface area contributed by atoms with Crippen LogP contribution in [0, 0.1) is 13.8 Å². The van der Waals surface area contributed by atoms with Crippen molar-refractivity contribution in [2.45, 2.75) is 20.5 Å². The number of nitrogens with zero attached hydrogens (tertiary/aromatic N) is 2. The first-order valence-electron chi connectivity index (χ1n) is 8.16. The van der Waals surface area contributed by atoms with Crippen molar-refractivity contribution in [3.05, 3.63) is 63.5 Å². The van der Waals surface area contributed by atoms with Crippen LogP contribution in [0.1, 0.15) is 32.4 Å². The molecule has 0 atom stereocenters. The molecule has 0 saturated carbocycles. The van der Waals surface area contributed by atoms with Crippen molar-refractivity contribution in [3.8, 4) is 11.5 Å². The molecule has 2 heterocycles. The van der Waals surface area contributed by atoms with Gasteiger partial charge in [0.2, 0.25) is 0 Å². The molecule has 3 rings (SSSR count). The molecule has 0 aliphatic carbocycles. The molecule has 1 aromatic carbocycles. The third-order valence-electron chi connectivity index (χ3n) is 3.71. The van der Waals surface area contributed by atoms with Crippen molar-refractivity contribution in [1.29, 1.82) is 0 Å². The molecule has 1 amide bonds. The van der Waals surface area contributed by atoms with E-state index >= 15 is 0 Å². The van der Waals surface area contributed by atoms with Crippen LogP contribution < -0.4 is 14.9 Å². The van der Waals surface area contributed by atoms with E-state index in [1.54, 1.807) is 43.6 Å². The minimum atomic E-state index is -0.331. The molecule has 0 unspecified atom stereocenters. The Morgan fingerprint density at radius 1 is 1.33 bits per heavy atom. The third kappa shape index (κ3) is 4.73. The zero-order valence-corrected chi connectivity index (χ0v) is 16.0. The van der Waals surface area contributed by atoms with Crippen LogP contribution >= 0.6 is 11.3 Å². The molecule has 8 heteroatoms. The number of ether oxygens (including phenoxy) is 2. The zero-order chi connectivity index (χ0) is 19.2. The normalized spacial score (nSPS) is 10.9. The molecule has 27 heavy (non-hydrogen) atoms. The van der Waals surface area contributed by atoms with E-state index < -0.39 is 0 Å². The van der Waals surface area contributed by atoms with E-state index in [0.29, 0.717) is 29.4 Å². The lowest BCUT2D eigenvalue weighted by Gasteiger charge is -2.10. The second kappa shape index (κ2) is 8.50. The maximum absolute atomic E-state index is 12.0. The highest BCUT2D eigenvalue weighted by Crippen LogP contribution is 2.28. The van der Waals surface area contributed by atoms with Gasteiger partial charge in [-0.1, -0.05) is 0 Å². The standard InChI is InChI=1S/C19H19N3O4S/c1-12-16(6-7-25-12)19(23)22-20-9-14-4-5-17(18(8-14)24-3)26-10-15-11-27-13(2)21-15/h4-9,11H,10H2,1-3H3,(H,22,23)/b20-9-. The summed E-state index contributed by atoms with van der Waals surface area (Å²) in [6.45, 7) is 4.04. The minimum Gasteiger partial charge on any atom is -0.493 e. The molecule has 1 N–H and O–H groups in total. The lowest BCUT2D eigenvalue weighted by Crippen LogP contribution is -2.17. The Morgan fingerprint density at radius 2 is 2.19 bits per heavy atom. The smallest absolute Gasteiger partial charge is 0.274 e. The number of aryl methyl sites for hydroxylation is 2. The van der Waals surface area contributed by atoms with E-state index in [2.05, 4.69) is 15.5 Å². The number of hydrogen-bond donors (Lipinski definition) is 1. The van der Waals surface area contributed by atoms with Gasteiger partial charge in [0.25, 0.3) is 5.91 Å². The number of furan rings is 1. The first-order valence-corrected chi connectivity index (χ1v) is 9.04. The van der Waals surface area contributed by atoms with Crippen molar-refractivity contribution < 1.29 is 18.7 Å². The van der Waals surface area contributed by atoms with E-state index in [0.717, 1.165) is 16.3 Å². The highest BCUT2D eigenvalue weighted by molar-refractivity contribution is 7.09. The van der Waals surface area contributed by atoms with Gasteiger partial charge in [0, 0.05) is 5.38 Å². The predicted octanol–water partition coefficient (Wildman–Crippen LogP) is 3.70. The fraction of sp³-hybridized carbons (Fsp3) is 0.211. The highest BCUT2D eigenvalue weighted by Gasteiger charge is 2.10. The molecule has 0 aliphatic heterocycles. The molecule has 0 aliphatic rings. The summed E-state index contributed by atoms with van der Waals surface area (Å²) in [7, 11) is 1.57. The van der Waals surface area contributed by atoms with Gasteiger partial charge in [0.1, 0.15) is 12.4 Å². The number of hydrogen-bond acceptors (Lipinski definition) is 7. The molecular formula is C19H19N3O4S. The van der Waals surface area contributed by atoms with Gasteiger partial charge in [-0.15, -0.1) is 11.3 Å². The number of carbonyl (C=O) groups is 1. The van der Waals surface area contributed by atoms with Crippen molar-refractivity contribution in [3.63, 3.8) is 0 Å². The first kappa shape index (κ1) is 18.7. The average molecular weight is 385 g/mol. The summed E-state index contributed by atoms with van der Waals surface area (Å²) in [6, 6.07) is 6.99. The van der Waals surface area contributed by atoms with Gasteiger partial charge >= 0.3 is 0 Å². The Morgan fingerprint density at radius 3 is 2.85 bits per heavy atom. The molecule has 0 radical (unpaired) electrons. The monoisotopic (exact) mass is 385 g/mol. The number of thiazole rings is 1. The van der Waals surface area contributed by atoms with Crippen LogP contribution in [0.5, 0.6) is 11.5 Å². The molecule has 0 spiro atoms. The van der Waals surface area contributed by atoms with E-state index in [4.69, 9.17) is 13.9 Å². The molecule has 2 aromatic heterocycles. The summed E-state index contributed by atoms with van der Waals surface area (Å²) in [5.41, 5.74) is 4.55. The summed E-state index contributed by atoms with van der Waals surface area (Å²) < 4.78 is 16.3. The molecule has 3 aromatic rings. The SMILES string of the molecule is COc1cc(/C=N\NC(=O)c2ccoc2C)ccc1OCc1csc(C)n1. The van der Waals surface area contributed by atoms with Crippen LogP contribution in [0.2, 0.25) is 0 Å². The van der Waals surface area contributed by atoms with Crippen LogP contribution in [0.4, 0.5) is 0 Å². The number of nitrogens with one attached hydrogen (secondary N) is 1. The minimum absolute atomic E-state index is 0.331. The predicted molar refractivity (Wildman–Crippen MR) is 103 cm³/mol. The van der Waals surface area contributed by atoms with Crippen molar-refractivity contribution in [1.82, 2.24) is 10.4 Å². The van der Waals surface area contributed by atoms with Gasteiger partial charge in [0.05, 0.1) is 35.9 Å². The Balaban J connectivity index is 1.63. The Kier molecular flexibility index (Phi) is 5.87. The number of rotatable bonds is 7. The Hall–Kier alpha value is -3.13. The van der Waals surface area contributed by atoms with Crippen LogP contribution in [-0.4, -0.2) is 24.2 Å². The lowest BCUT2D eigenvalue weighted by atomic mass is 10.2. The second-order valence-electron chi connectivity index (χ2n) is 5.65. The van der Waals surface area contributed by atoms with Gasteiger partial charge in [0.15, 0.2) is 11.5 Å². The van der Waals surface area contributed by atoms with E-state index in [9.17, 15) is 4.79 Å². The quantitative estimate of drug-likeness (QED) is 0.495. The average Bonchev–Trinajstić information content (AvgIpc) is 3.28. The number of benzene rings is 1. The summed E-state index contributed by atoms with van der Waals surface area (Å²) in [6.07, 6.45) is 2.99. The summed E-state index contributed by atoms with van der Waals surface area (Å²) >= 11 is 1.58. The van der Waals surface area contributed by atoms with Crippen molar-refractivity contribution >= 4 is 23.5 Å². The van der Waals surface area contributed by atoms with Gasteiger partial charge < -0.3 is 13.9 Å². The molecule has 0 bridgehead atoms. The van der Waals surface area contributed by atoms with E-state index in [1.165, 1.54) is 12.5 Å². The van der Waals surface area contributed by atoms with Crippen LogP contribution in [-0.2, 0) is 6.61 Å². The van der Waals surface area contributed by atoms with Gasteiger partial charge in [-0.3, -0.25) is 4.79 Å².